The smallest absolute Gasteiger partial charge is 0.267 e. The van der Waals surface area contributed by atoms with Crippen molar-refractivity contribution in [1.29, 1.82) is 0 Å². The van der Waals surface area contributed by atoms with Crippen molar-refractivity contribution in [2.24, 2.45) is 0 Å². The zero-order chi connectivity index (χ0) is 17.5. The summed E-state index contributed by atoms with van der Waals surface area (Å²) in [5.41, 5.74) is 2.08. The quantitative estimate of drug-likeness (QED) is 0.354. The first kappa shape index (κ1) is 23.3. The standard InChI is InChI=1S/C17H21N5O2S.2ClH/c23-17(21-24)4-3-13-10-19-16(11-18-13)20-14-5-7-22(12-14)8-6-15-2-1-9-25-15;;/h1-4,9-11,14,24H,5-8,12H2,(H,19,20)(H,21,23);2*1H/t14-;;/m1../s1. The summed E-state index contributed by atoms with van der Waals surface area (Å²) in [5, 5.41) is 14.0. The van der Waals surface area contributed by atoms with Gasteiger partial charge in [-0.3, -0.25) is 15.0 Å². The topological polar surface area (TPSA) is 90.4 Å². The number of hydrogen-bond acceptors (Lipinski definition) is 7. The van der Waals surface area contributed by atoms with Gasteiger partial charge in [-0.1, -0.05) is 6.07 Å². The summed E-state index contributed by atoms with van der Waals surface area (Å²) >= 11 is 1.81. The minimum atomic E-state index is -0.599. The van der Waals surface area contributed by atoms with Gasteiger partial charge in [0, 0.05) is 36.6 Å². The highest BCUT2D eigenvalue weighted by Gasteiger charge is 2.22. The Bertz CT molecular complexity index is 713. The van der Waals surface area contributed by atoms with Crippen molar-refractivity contribution in [3.63, 3.8) is 0 Å². The maximum atomic E-state index is 10.9. The molecule has 0 aromatic carbocycles. The normalized spacial score (nSPS) is 16.6. The number of nitrogens with zero attached hydrogens (tertiary/aromatic N) is 3. The van der Waals surface area contributed by atoms with Crippen LogP contribution in [0.2, 0.25) is 0 Å². The minimum absolute atomic E-state index is 0. The van der Waals surface area contributed by atoms with E-state index in [0.717, 1.165) is 38.3 Å². The van der Waals surface area contributed by atoms with Crippen molar-refractivity contribution in [1.82, 2.24) is 20.3 Å². The van der Waals surface area contributed by atoms with Gasteiger partial charge in [0.05, 0.1) is 18.1 Å². The van der Waals surface area contributed by atoms with Crippen LogP contribution in [0.15, 0.2) is 36.0 Å². The molecule has 0 aliphatic carbocycles. The SMILES string of the molecule is Cl.Cl.O=C(C=Cc1cnc(N[C@@H]2CCN(CCc3cccs3)C2)cn1)NO. The first-order chi connectivity index (χ1) is 12.2. The zero-order valence-corrected chi connectivity index (χ0v) is 17.0. The highest BCUT2D eigenvalue weighted by Crippen LogP contribution is 2.16. The minimum Gasteiger partial charge on any atom is -0.365 e. The van der Waals surface area contributed by atoms with E-state index in [1.165, 1.54) is 22.5 Å². The Labute approximate surface area is 174 Å². The number of aromatic nitrogens is 2. The van der Waals surface area contributed by atoms with E-state index >= 15 is 0 Å². The lowest BCUT2D eigenvalue weighted by atomic mass is 10.2. The molecule has 1 saturated heterocycles. The Morgan fingerprint density at radius 3 is 2.89 bits per heavy atom. The predicted octanol–water partition coefficient (Wildman–Crippen LogP) is 2.63. The second-order valence-corrected chi connectivity index (χ2v) is 6.93. The highest BCUT2D eigenvalue weighted by molar-refractivity contribution is 7.09. The second kappa shape index (κ2) is 11.9. The second-order valence-electron chi connectivity index (χ2n) is 5.90. The molecular formula is C17H23Cl2N5O2S. The predicted molar refractivity (Wildman–Crippen MR) is 112 cm³/mol. The fourth-order valence-electron chi connectivity index (χ4n) is 2.78. The number of likely N-dealkylation sites (tertiary alicyclic amines) is 1. The van der Waals surface area contributed by atoms with E-state index in [0.29, 0.717) is 11.7 Å². The van der Waals surface area contributed by atoms with E-state index in [1.807, 2.05) is 11.3 Å². The van der Waals surface area contributed by atoms with Gasteiger partial charge in [-0.05, 0) is 30.4 Å². The summed E-state index contributed by atoms with van der Waals surface area (Å²) in [6.07, 6.45) is 8.12. The molecule has 1 aliphatic heterocycles. The molecule has 1 atom stereocenters. The van der Waals surface area contributed by atoms with Crippen molar-refractivity contribution in [2.45, 2.75) is 18.9 Å². The van der Waals surface area contributed by atoms with E-state index in [2.05, 4.69) is 37.7 Å². The third-order valence-electron chi connectivity index (χ3n) is 4.07. The molecule has 0 unspecified atom stereocenters. The van der Waals surface area contributed by atoms with Crippen LogP contribution in [0.25, 0.3) is 6.08 Å². The van der Waals surface area contributed by atoms with Crippen molar-refractivity contribution in [3.8, 4) is 0 Å². The molecule has 10 heteroatoms. The molecule has 0 bridgehead atoms. The van der Waals surface area contributed by atoms with Crippen molar-refractivity contribution in [2.75, 3.05) is 25.0 Å². The van der Waals surface area contributed by atoms with E-state index in [1.54, 1.807) is 12.4 Å². The Morgan fingerprint density at radius 1 is 1.37 bits per heavy atom. The number of hydrogen-bond donors (Lipinski definition) is 3. The molecule has 1 fully saturated rings. The van der Waals surface area contributed by atoms with Gasteiger partial charge >= 0.3 is 0 Å². The van der Waals surface area contributed by atoms with E-state index in [9.17, 15) is 4.79 Å². The number of amides is 1. The molecule has 2 aromatic heterocycles. The Kier molecular flexibility index (Phi) is 10.3. The van der Waals surface area contributed by atoms with Crippen LogP contribution >= 0.6 is 36.2 Å². The van der Waals surface area contributed by atoms with Crippen LogP contribution < -0.4 is 10.8 Å². The number of carbonyl (C=O) groups excluding carboxylic acids is 1. The van der Waals surface area contributed by atoms with Crippen LogP contribution in [0.5, 0.6) is 0 Å². The number of rotatable bonds is 7. The monoisotopic (exact) mass is 431 g/mol. The van der Waals surface area contributed by atoms with Gasteiger partial charge in [-0.2, -0.15) is 0 Å². The number of halogens is 2. The molecule has 3 heterocycles. The van der Waals surface area contributed by atoms with Crippen molar-refractivity contribution >= 4 is 54.0 Å². The molecule has 1 amide bonds. The fraction of sp³-hybridized carbons (Fsp3) is 0.353. The lowest BCUT2D eigenvalue weighted by Gasteiger charge is -2.16. The zero-order valence-electron chi connectivity index (χ0n) is 14.6. The average molecular weight is 432 g/mol. The summed E-state index contributed by atoms with van der Waals surface area (Å²) in [6, 6.07) is 4.66. The van der Waals surface area contributed by atoms with Crippen LogP contribution in [-0.2, 0) is 11.2 Å². The molecule has 3 rings (SSSR count). The Hall–Kier alpha value is -1.71. The van der Waals surface area contributed by atoms with E-state index < -0.39 is 5.91 Å². The lowest BCUT2D eigenvalue weighted by Crippen LogP contribution is -2.28. The van der Waals surface area contributed by atoms with Gasteiger partial charge in [-0.15, -0.1) is 36.2 Å². The van der Waals surface area contributed by atoms with Gasteiger partial charge in [-0.25, -0.2) is 10.5 Å². The average Bonchev–Trinajstić information content (AvgIpc) is 3.31. The Morgan fingerprint density at radius 2 is 2.22 bits per heavy atom. The van der Waals surface area contributed by atoms with Crippen LogP contribution in [0.1, 0.15) is 17.0 Å². The number of hydroxylamine groups is 1. The van der Waals surface area contributed by atoms with Gasteiger partial charge < -0.3 is 10.2 Å². The van der Waals surface area contributed by atoms with Crippen LogP contribution in [0.4, 0.5) is 5.82 Å². The molecule has 0 spiro atoms. The molecule has 27 heavy (non-hydrogen) atoms. The summed E-state index contributed by atoms with van der Waals surface area (Å²) < 4.78 is 0. The van der Waals surface area contributed by atoms with Crippen molar-refractivity contribution < 1.29 is 10.0 Å². The van der Waals surface area contributed by atoms with Gasteiger partial charge in [0.25, 0.3) is 5.91 Å². The lowest BCUT2D eigenvalue weighted by molar-refractivity contribution is -0.124. The molecule has 0 saturated carbocycles. The maximum absolute atomic E-state index is 10.9. The third kappa shape index (κ3) is 7.43. The van der Waals surface area contributed by atoms with Gasteiger partial charge in [0.1, 0.15) is 5.82 Å². The molecule has 3 N–H and O–H groups in total. The first-order valence-electron chi connectivity index (χ1n) is 8.18. The van der Waals surface area contributed by atoms with Gasteiger partial charge in [0.2, 0.25) is 0 Å². The number of anilines is 1. The molecule has 1 aliphatic rings. The molecule has 2 aromatic rings. The van der Waals surface area contributed by atoms with E-state index in [-0.39, 0.29) is 24.8 Å². The summed E-state index contributed by atoms with van der Waals surface area (Å²) in [5.74, 6) is 0.131. The highest BCUT2D eigenvalue weighted by atomic mass is 35.5. The molecule has 7 nitrogen and oxygen atoms in total. The third-order valence-corrected chi connectivity index (χ3v) is 5.00. The fourth-order valence-corrected chi connectivity index (χ4v) is 3.48. The van der Waals surface area contributed by atoms with Crippen LogP contribution in [-0.4, -0.2) is 51.7 Å². The van der Waals surface area contributed by atoms with Crippen LogP contribution in [0.3, 0.4) is 0 Å². The van der Waals surface area contributed by atoms with Crippen molar-refractivity contribution in [3.05, 3.63) is 46.6 Å². The number of carbonyl (C=O) groups is 1. The summed E-state index contributed by atoms with van der Waals surface area (Å²) in [4.78, 5) is 23.4. The summed E-state index contributed by atoms with van der Waals surface area (Å²) in [6.45, 7) is 3.18. The molecule has 148 valence electrons. The van der Waals surface area contributed by atoms with E-state index in [4.69, 9.17) is 5.21 Å². The van der Waals surface area contributed by atoms with Gasteiger partial charge in [0.15, 0.2) is 0 Å². The summed E-state index contributed by atoms with van der Waals surface area (Å²) in [7, 11) is 0. The largest absolute Gasteiger partial charge is 0.365 e. The first-order valence-corrected chi connectivity index (χ1v) is 9.06. The molecule has 0 radical (unpaired) electrons. The maximum Gasteiger partial charge on any atom is 0.267 e. The Balaban J connectivity index is 0.00000182. The number of thiophene rings is 1. The molecular weight excluding hydrogens is 409 g/mol. The van der Waals surface area contributed by atoms with Crippen LogP contribution in [0, 0.1) is 0 Å². The number of nitrogens with one attached hydrogen (secondary N) is 2.